The Kier molecular flexibility index (Phi) is 5.79. The van der Waals surface area contributed by atoms with Gasteiger partial charge in [-0.05, 0) is 62.4 Å². The fourth-order valence-corrected chi connectivity index (χ4v) is 2.68. The van der Waals surface area contributed by atoms with Crippen molar-refractivity contribution < 1.29 is 4.79 Å². The molecular weight excluding hydrogens is 350 g/mol. The van der Waals surface area contributed by atoms with E-state index in [-0.39, 0.29) is 5.91 Å². The predicted octanol–water partition coefficient (Wildman–Crippen LogP) is 3.34. The number of benzene rings is 1. The van der Waals surface area contributed by atoms with E-state index < -0.39 is 0 Å². The summed E-state index contributed by atoms with van der Waals surface area (Å²) in [4.78, 5) is 23.6. The summed E-state index contributed by atoms with van der Waals surface area (Å²) in [5.74, 6) is -0.289. The van der Waals surface area contributed by atoms with Gasteiger partial charge in [-0.3, -0.25) is 14.8 Å². The van der Waals surface area contributed by atoms with Crippen molar-refractivity contribution >= 4 is 17.3 Å². The van der Waals surface area contributed by atoms with Crippen molar-refractivity contribution in [3.8, 4) is 0 Å². The third-order valence-electron chi connectivity index (χ3n) is 4.18. The van der Waals surface area contributed by atoms with Crippen LogP contribution in [0.5, 0.6) is 0 Å². The predicted molar refractivity (Wildman–Crippen MR) is 112 cm³/mol. The van der Waals surface area contributed by atoms with Crippen molar-refractivity contribution in [2.45, 2.75) is 13.8 Å². The minimum Gasteiger partial charge on any atom is -0.378 e. The zero-order valence-electron chi connectivity index (χ0n) is 16.5. The number of nitrogens with zero attached hydrogens (tertiary/aromatic N) is 4. The highest BCUT2D eigenvalue weighted by Crippen LogP contribution is 2.13. The fraction of sp³-hybridized carbons (Fsp3) is 0.182. The van der Waals surface area contributed by atoms with Crippen LogP contribution >= 0.6 is 0 Å². The van der Waals surface area contributed by atoms with E-state index in [1.165, 1.54) is 0 Å². The molecule has 3 aromatic rings. The van der Waals surface area contributed by atoms with Gasteiger partial charge in [0, 0.05) is 36.7 Å². The lowest BCUT2D eigenvalue weighted by molar-refractivity contribution is 0.0955. The fourth-order valence-electron chi connectivity index (χ4n) is 2.68. The number of amides is 1. The van der Waals surface area contributed by atoms with E-state index in [1.807, 2.05) is 81.4 Å². The molecule has 0 aliphatic rings. The average Bonchev–Trinajstić information content (AvgIpc) is 2.68. The van der Waals surface area contributed by atoms with Crippen molar-refractivity contribution in [3.05, 3.63) is 89.0 Å². The summed E-state index contributed by atoms with van der Waals surface area (Å²) in [6.07, 6.45) is 0. The van der Waals surface area contributed by atoms with Crippen molar-refractivity contribution in [3.63, 3.8) is 0 Å². The van der Waals surface area contributed by atoms with Crippen LogP contribution in [0.4, 0.5) is 5.69 Å². The highest BCUT2D eigenvalue weighted by Gasteiger charge is 2.13. The molecule has 1 aromatic carbocycles. The molecule has 0 aliphatic carbocycles. The minimum atomic E-state index is -0.289. The summed E-state index contributed by atoms with van der Waals surface area (Å²) in [6.45, 7) is 3.82. The number of carbonyl (C=O) groups is 1. The van der Waals surface area contributed by atoms with Gasteiger partial charge in [-0.1, -0.05) is 12.1 Å². The molecule has 6 nitrogen and oxygen atoms in total. The summed E-state index contributed by atoms with van der Waals surface area (Å²) < 4.78 is 0. The zero-order valence-corrected chi connectivity index (χ0v) is 16.5. The summed E-state index contributed by atoms with van der Waals surface area (Å²) in [5, 5.41) is 4.36. The SMILES string of the molecule is Cc1cccc(C(=NNC(=O)c2ccc(N(C)C)cc2)c2cccc(C)n2)n1. The number of rotatable bonds is 5. The van der Waals surface area contributed by atoms with Crippen LogP contribution in [0.2, 0.25) is 0 Å². The van der Waals surface area contributed by atoms with E-state index in [9.17, 15) is 4.79 Å². The lowest BCUT2D eigenvalue weighted by atomic mass is 10.1. The molecule has 0 bridgehead atoms. The maximum atomic E-state index is 12.6. The molecule has 142 valence electrons. The Balaban J connectivity index is 1.91. The van der Waals surface area contributed by atoms with E-state index in [4.69, 9.17) is 0 Å². The maximum absolute atomic E-state index is 12.6. The first kappa shape index (κ1) is 19.2. The standard InChI is InChI=1S/C22H23N5O/c1-15-7-5-9-19(23-15)21(20-10-6-8-16(2)24-20)25-26-22(28)17-11-13-18(14-12-17)27(3)4/h5-14H,1-4H3,(H,26,28). The first-order valence-electron chi connectivity index (χ1n) is 8.97. The van der Waals surface area contributed by atoms with Crippen LogP contribution in [0.15, 0.2) is 65.8 Å². The number of carbonyl (C=O) groups excluding carboxylic acids is 1. The van der Waals surface area contributed by atoms with Gasteiger partial charge in [0.2, 0.25) is 0 Å². The average molecular weight is 373 g/mol. The van der Waals surface area contributed by atoms with Gasteiger partial charge in [0.25, 0.3) is 5.91 Å². The molecule has 0 aliphatic heterocycles. The second-order valence-electron chi connectivity index (χ2n) is 6.67. The number of pyridine rings is 2. The minimum absolute atomic E-state index is 0.289. The molecule has 0 radical (unpaired) electrons. The van der Waals surface area contributed by atoms with Gasteiger partial charge in [-0.25, -0.2) is 5.43 Å². The van der Waals surface area contributed by atoms with Crippen LogP contribution in [0.1, 0.15) is 33.1 Å². The summed E-state index contributed by atoms with van der Waals surface area (Å²) in [6, 6.07) is 18.7. The largest absolute Gasteiger partial charge is 0.378 e. The molecule has 1 N–H and O–H groups in total. The number of anilines is 1. The number of hydrazone groups is 1. The molecule has 0 saturated carbocycles. The van der Waals surface area contributed by atoms with Crippen LogP contribution in [-0.2, 0) is 0 Å². The Hall–Kier alpha value is -3.54. The Morgan fingerprint density at radius 2 is 1.39 bits per heavy atom. The highest BCUT2D eigenvalue weighted by molar-refractivity contribution is 6.11. The van der Waals surface area contributed by atoms with E-state index in [0.29, 0.717) is 22.7 Å². The molecule has 0 atom stereocenters. The van der Waals surface area contributed by atoms with Crippen LogP contribution < -0.4 is 10.3 Å². The molecule has 0 unspecified atom stereocenters. The smallest absolute Gasteiger partial charge is 0.271 e. The lowest BCUT2D eigenvalue weighted by Crippen LogP contribution is -2.22. The zero-order chi connectivity index (χ0) is 20.1. The molecule has 0 saturated heterocycles. The first-order chi connectivity index (χ1) is 13.4. The second kappa shape index (κ2) is 8.43. The molecule has 2 heterocycles. The number of hydrogen-bond donors (Lipinski definition) is 1. The van der Waals surface area contributed by atoms with Gasteiger partial charge in [-0.2, -0.15) is 5.10 Å². The number of aryl methyl sites for hydroxylation is 2. The summed E-state index contributed by atoms with van der Waals surface area (Å²) in [7, 11) is 3.91. The molecule has 1 amide bonds. The van der Waals surface area contributed by atoms with Crippen LogP contribution in [0, 0.1) is 13.8 Å². The van der Waals surface area contributed by atoms with E-state index in [2.05, 4.69) is 20.5 Å². The highest BCUT2D eigenvalue weighted by atomic mass is 16.2. The van der Waals surface area contributed by atoms with Gasteiger partial charge in [0.1, 0.15) is 5.71 Å². The third kappa shape index (κ3) is 4.59. The molecule has 28 heavy (non-hydrogen) atoms. The molecule has 0 fully saturated rings. The van der Waals surface area contributed by atoms with Crippen molar-refractivity contribution in [2.75, 3.05) is 19.0 Å². The Bertz CT molecular complexity index is 962. The molecule has 3 rings (SSSR count). The van der Waals surface area contributed by atoms with Crippen molar-refractivity contribution in [1.29, 1.82) is 0 Å². The Labute approximate surface area is 165 Å². The molecule has 6 heteroatoms. The number of nitrogens with one attached hydrogen (secondary N) is 1. The lowest BCUT2D eigenvalue weighted by Gasteiger charge is -2.12. The van der Waals surface area contributed by atoms with E-state index in [1.54, 1.807) is 12.1 Å². The van der Waals surface area contributed by atoms with E-state index >= 15 is 0 Å². The monoisotopic (exact) mass is 373 g/mol. The Morgan fingerprint density at radius 3 is 1.86 bits per heavy atom. The molecular formula is C22H23N5O. The first-order valence-corrected chi connectivity index (χ1v) is 8.97. The van der Waals surface area contributed by atoms with Gasteiger partial charge in [-0.15, -0.1) is 0 Å². The number of aromatic nitrogens is 2. The molecule has 0 spiro atoms. The van der Waals surface area contributed by atoms with Gasteiger partial charge in [0.15, 0.2) is 0 Å². The van der Waals surface area contributed by atoms with Crippen LogP contribution in [0.3, 0.4) is 0 Å². The van der Waals surface area contributed by atoms with Crippen LogP contribution in [0.25, 0.3) is 0 Å². The van der Waals surface area contributed by atoms with Crippen LogP contribution in [-0.4, -0.2) is 35.7 Å². The Morgan fingerprint density at radius 1 is 0.857 bits per heavy atom. The second-order valence-corrected chi connectivity index (χ2v) is 6.67. The third-order valence-corrected chi connectivity index (χ3v) is 4.18. The summed E-state index contributed by atoms with van der Waals surface area (Å²) >= 11 is 0. The molecule has 2 aromatic heterocycles. The normalized spacial score (nSPS) is 10.3. The number of hydrogen-bond acceptors (Lipinski definition) is 5. The maximum Gasteiger partial charge on any atom is 0.271 e. The van der Waals surface area contributed by atoms with Gasteiger partial charge >= 0.3 is 0 Å². The van der Waals surface area contributed by atoms with E-state index in [0.717, 1.165) is 17.1 Å². The topological polar surface area (TPSA) is 70.5 Å². The summed E-state index contributed by atoms with van der Waals surface area (Å²) in [5.41, 5.74) is 7.75. The quantitative estimate of drug-likeness (QED) is 0.550. The van der Waals surface area contributed by atoms with Gasteiger partial charge in [0.05, 0.1) is 11.4 Å². The van der Waals surface area contributed by atoms with Crippen molar-refractivity contribution in [2.24, 2.45) is 5.10 Å². The van der Waals surface area contributed by atoms with Gasteiger partial charge < -0.3 is 4.90 Å². The van der Waals surface area contributed by atoms with Crippen molar-refractivity contribution in [1.82, 2.24) is 15.4 Å².